The van der Waals surface area contributed by atoms with E-state index in [0.29, 0.717) is 17.4 Å². The fourth-order valence-corrected chi connectivity index (χ4v) is 2.53. The van der Waals surface area contributed by atoms with Crippen molar-refractivity contribution < 1.29 is 4.74 Å². The van der Waals surface area contributed by atoms with Gasteiger partial charge in [-0.25, -0.2) is 0 Å². The van der Waals surface area contributed by atoms with Crippen LogP contribution in [0.15, 0.2) is 24.3 Å². The monoisotopic (exact) mass is 231 g/mol. The molecule has 92 valence electrons. The molecule has 2 fully saturated rings. The molecule has 2 saturated carbocycles. The maximum atomic E-state index is 6.34. The van der Waals surface area contributed by atoms with Crippen LogP contribution in [0.25, 0.3) is 0 Å². The summed E-state index contributed by atoms with van der Waals surface area (Å²) in [7, 11) is 0. The molecule has 2 nitrogen and oxygen atoms in total. The normalized spacial score (nSPS) is 27.6. The molecule has 0 saturated heterocycles. The molecule has 1 aromatic carbocycles. The Kier molecular flexibility index (Phi) is 2.44. The van der Waals surface area contributed by atoms with Gasteiger partial charge in [0, 0.05) is 6.04 Å². The first kappa shape index (κ1) is 11.1. The minimum atomic E-state index is 0.160. The van der Waals surface area contributed by atoms with Crippen LogP contribution in [0.5, 0.6) is 5.75 Å². The Morgan fingerprint density at radius 2 is 2.06 bits per heavy atom. The average molecular weight is 231 g/mol. The number of ether oxygens (including phenoxy) is 1. The van der Waals surface area contributed by atoms with Gasteiger partial charge in [0.05, 0.1) is 6.10 Å². The first-order valence-corrected chi connectivity index (χ1v) is 6.58. The van der Waals surface area contributed by atoms with Crippen LogP contribution in [0.4, 0.5) is 0 Å². The van der Waals surface area contributed by atoms with Gasteiger partial charge in [0.15, 0.2) is 0 Å². The summed E-state index contributed by atoms with van der Waals surface area (Å²) in [6, 6.07) is 8.50. The van der Waals surface area contributed by atoms with E-state index in [-0.39, 0.29) is 6.04 Å². The molecule has 0 aliphatic heterocycles. The summed E-state index contributed by atoms with van der Waals surface area (Å²) in [5.74, 6) is 1.61. The van der Waals surface area contributed by atoms with Crippen molar-refractivity contribution in [1.29, 1.82) is 0 Å². The van der Waals surface area contributed by atoms with Crippen molar-refractivity contribution in [2.75, 3.05) is 0 Å². The molecular weight excluding hydrogens is 210 g/mol. The first-order valence-electron chi connectivity index (χ1n) is 6.58. The van der Waals surface area contributed by atoms with Crippen LogP contribution in [-0.4, -0.2) is 6.10 Å². The third-order valence-electron chi connectivity index (χ3n) is 4.09. The summed E-state index contributed by atoms with van der Waals surface area (Å²) < 4.78 is 5.81. The standard InChI is InChI=1S/C15H21NO/c1-15(2)9-13(15)14(16)10-4-3-5-12(8-10)17-11-6-7-11/h3-5,8,11,13-14H,6-7,9,16H2,1-2H3. The van der Waals surface area contributed by atoms with Gasteiger partial charge in [0.2, 0.25) is 0 Å². The van der Waals surface area contributed by atoms with Crippen molar-refractivity contribution in [2.45, 2.75) is 45.3 Å². The minimum Gasteiger partial charge on any atom is -0.490 e. The lowest BCUT2D eigenvalue weighted by atomic mass is 9.98. The molecular formula is C15H21NO. The summed E-state index contributed by atoms with van der Waals surface area (Å²) in [5, 5.41) is 0. The lowest BCUT2D eigenvalue weighted by Gasteiger charge is -2.15. The van der Waals surface area contributed by atoms with E-state index in [4.69, 9.17) is 10.5 Å². The summed E-state index contributed by atoms with van der Waals surface area (Å²) >= 11 is 0. The highest BCUT2D eigenvalue weighted by Gasteiger charge is 2.49. The molecule has 0 radical (unpaired) electrons. The van der Waals surface area contributed by atoms with Crippen molar-refractivity contribution in [1.82, 2.24) is 0 Å². The lowest BCUT2D eigenvalue weighted by molar-refractivity contribution is 0.302. The lowest BCUT2D eigenvalue weighted by Crippen LogP contribution is -2.15. The van der Waals surface area contributed by atoms with Crippen LogP contribution in [-0.2, 0) is 0 Å². The number of hydrogen-bond acceptors (Lipinski definition) is 2. The van der Waals surface area contributed by atoms with Crippen LogP contribution in [0.1, 0.15) is 44.7 Å². The molecule has 3 rings (SSSR count). The quantitative estimate of drug-likeness (QED) is 0.863. The van der Waals surface area contributed by atoms with Crippen LogP contribution in [0.3, 0.4) is 0 Å². The molecule has 0 aromatic heterocycles. The van der Waals surface area contributed by atoms with Crippen molar-refractivity contribution in [3.63, 3.8) is 0 Å². The highest BCUT2D eigenvalue weighted by Crippen LogP contribution is 2.57. The fourth-order valence-electron chi connectivity index (χ4n) is 2.53. The Hall–Kier alpha value is -1.02. The predicted molar refractivity (Wildman–Crippen MR) is 68.9 cm³/mol. The maximum Gasteiger partial charge on any atom is 0.120 e. The summed E-state index contributed by atoms with van der Waals surface area (Å²) in [5.41, 5.74) is 7.98. The molecule has 0 bridgehead atoms. The molecule has 17 heavy (non-hydrogen) atoms. The molecule has 2 unspecified atom stereocenters. The van der Waals surface area contributed by atoms with Gasteiger partial charge in [-0.1, -0.05) is 26.0 Å². The average Bonchev–Trinajstić information content (AvgIpc) is 3.18. The van der Waals surface area contributed by atoms with Gasteiger partial charge in [0.25, 0.3) is 0 Å². The van der Waals surface area contributed by atoms with E-state index in [0.717, 1.165) is 5.75 Å². The van der Waals surface area contributed by atoms with E-state index < -0.39 is 0 Å². The fraction of sp³-hybridized carbons (Fsp3) is 0.600. The Bertz CT molecular complexity index is 423. The SMILES string of the molecule is CC1(C)CC1C(N)c1cccc(OC2CC2)c1. The Morgan fingerprint density at radius 3 is 2.65 bits per heavy atom. The number of benzene rings is 1. The molecule has 2 aliphatic rings. The second-order valence-corrected chi connectivity index (χ2v) is 6.21. The van der Waals surface area contributed by atoms with Crippen LogP contribution in [0, 0.1) is 11.3 Å². The molecule has 1 aromatic rings. The van der Waals surface area contributed by atoms with Crippen molar-refractivity contribution in [3.05, 3.63) is 29.8 Å². The third kappa shape index (κ3) is 2.32. The predicted octanol–water partition coefficient (Wildman–Crippen LogP) is 3.27. The Balaban J connectivity index is 1.73. The summed E-state index contributed by atoms with van der Waals surface area (Å²) in [4.78, 5) is 0. The maximum absolute atomic E-state index is 6.34. The van der Waals surface area contributed by atoms with E-state index in [1.807, 2.05) is 6.07 Å². The highest BCUT2D eigenvalue weighted by atomic mass is 16.5. The second kappa shape index (κ2) is 3.74. The van der Waals surface area contributed by atoms with Gasteiger partial charge in [-0.05, 0) is 48.3 Å². The molecule has 0 heterocycles. The van der Waals surface area contributed by atoms with E-state index in [1.54, 1.807) is 0 Å². The van der Waals surface area contributed by atoms with E-state index in [2.05, 4.69) is 32.0 Å². The second-order valence-electron chi connectivity index (χ2n) is 6.21. The van der Waals surface area contributed by atoms with E-state index >= 15 is 0 Å². The van der Waals surface area contributed by atoms with Gasteiger partial charge in [0.1, 0.15) is 5.75 Å². The van der Waals surface area contributed by atoms with Crippen LogP contribution < -0.4 is 10.5 Å². The molecule has 2 N–H and O–H groups in total. The Morgan fingerprint density at radius 1 is 1.35 bits per heavy atom. The van der Waals surface area contributed by atoms with E-state index in [9.17, 15) is 0 Å². The first-order chi connectivity index (χ1) is 8.06. The van der Waals surface area contributed by atoms with Crippen LogP contribution >= 0.6 is 0 Å². The van der Waals surface area contributed by atoms with Gasteiger partial charge in [-0.3, -0.25) is 0 Å². The van der Waals surface area contributed by atoms with Crippen molar-refractivity contribution >= 4 is 0 Å². The molecule has 2 heteroatoms. The number of rotatable bonds is 4. The van der Waals surface area contributed by atoms with Crippen molar-refractivity contribution in [2.24, 2.45) is 17.1 Å². The Labute approximate surface area is 103 Å². The zero-order valence-corrected chi connectivity index (χ0v) is 10.6. The topological polar surface area (TPSA) is 35.2 Å². The van der Waals surface area contributed by atoms with Crippen LogP contribution in [0.2, 0.25) is 0 Å². The number of nitrogens with two attached hydrogens (primary N) is 1. The molecule has 2 atom stereocenters. The zero-order valence-electron chi connectivity index (χ0n) is 10.6. The smallest absolute Gasteiger partial charge is 0.120 e. The molecule has 0 amide bonds. The van der Waals surface area contributed by atoms with Crippen molar-refractivity contribution in [3.8, 4) is 5.75 Å². The molecule has 0 spiro atoms. The third-order valence-corrected chi connectivity index (χ3v) is 4.09. The summed E-state index contributed by atoms with van der Waals surface area (Å²) in [6.07, 6.45) is 4.10. The van der Waals surface area contributed by atoms with Gasteiger partial charge in [-0.2, -0.15) is 0 Å². The van der Waals surface area contributed by atoms with Gasteiger partial charge < -0.3 is 10.5 Å². The molecule has 2 aliphatic carbocycles. The zero-order chi connectivity index (χ0) is 12.0. The largest absolute Gasteiger partial charge is 0.490 e. The van der Waals surface area contributed by atoms with E-state index in [1.165, 1.54) is 24.8 Å². The van der Waals surface area contributed by atoms with Gasteiger partial charge >= 0.3 is 0 Å². The minimum absolute atomic E-state index is 0.160. The number of hydrogen-bond donors (Lipinski definition) is 1. The summed E-state index contributed by atoms with van der Waals surface area (Å²) in [6.45, 7) is 4.59. The highest BCUT2D eigenvalue weighted by molar-refractivity contribution is 5.32. The van der Waals surface area contributed by atoms with Gasteiger partial charge in [-0.15, -0.1) is 0 Å².